The highest BCUT2D eigenvalue weighted by molar-refractivity contribution is 5.85. The van der Waals surface area contributed by atoms with Crippen LogP contribution in [0.5, 0.6) is 5.75 Å². The molecule has 1 fully saturated rings. The maximum absolute atomic E-state index is 13.1. The molecule has 2 aromatic heterocycles. The number of likely N-dealkylation sites (N-methyl/N-ethyl adjacent to an activating group) is 1. The molecule has 0 saturated carbocycles. The van der Waals surface area contributed by atoms with Crippen molar-refractivity contribution in [2.24, 2.45) is 0 Å². The molecule has 1 saturated heterocycles. The third kappa shape index (κ3) is 7.77. The predicted octanol–water partition coefficient (Wildman–Crippen LogP) is 1.87. The number of aliphatic hydroxyl groups excluding tert-OH is 1. The molecule has 4 heterocycles. The monoisotopic (exact) mass is 622 g/mol. The number of rotatable bonds is 13. The summed E-state index contributed by atoms with van der Waals surface area (Å²) in [5.41, 5.74) is 3.03. The van der Waals surface area contributed by atoms with Crippen LogP contribution in [0.15, 0.2) is 27.5 Å². The molecule has 13 heteroatoms. The molecule has 1 unspecified atom stereocenters. The summed E-state index contributed by atoms with van der Waals surface area (Å²) in [7, 11) is 1.53. The van der Waals surface area contributed by atoms with E-state index >= 15 is 0 Å². The molecule has 1 atom stereocenters. The van der Waals surface area contributed by atoms with Gasteiger partial charge < -0.3 is 34.3 Å². The number of aldehydes is 1. The molecule has 242 valence electrons. The molecule has 2 aliphatic rings. The Hall–Kier alpha value is -4.10. The Labute approximate surface area is 261 Å². The van der Waals surface area contributed by atoms with Crippen LogP contribution in [-0.4, -0.2) is 94.1 Å². The third-order valence-electron chi connectivity index (χ3n) is 8.76. The predicted molar refractivity (Wildman–Crippen MR) is 165 cm³/mol. The highest BCUT2D eigenvalue weighted by Crippen LogP contribution is 2.34. The Morgan fingerprint density at radius 3 is 2.80 bits per heavy atom. The maximum Gasteiger partial charge on any atom is 0.257 e. The van der Waals surface area contributed by atoms with E-state index in [1.807, 2.05) is 19.1 Å². The Balaban J connectivity index is 1.07. The molecular formula is C32H42N6O7. The standard InChI is InChI=1S/C32H42N6O7/c1-21-24(32(43)38-13-3-5-26(40)31(38)34-21)11-16-37-14-9-22(10-15-37)30-25-8-7-23(19-27(25)45-35-30)44-18-12-33-28(41)20-36(2)29(42)6-4-17-39/h7-8,17,19,22,26,40H,3-6,9-16,18,20H2,1-2H3,(H,33,41). The number of aromatic nitrogens is 3. The molecular weight excluding hydrogens is 580 g/mol. The average molecular weight is 623 g/mol. The second-order valence-corrected chi connectivity index (χ2v) is 11.9. The minimum Gasteiger partial charge on any atom is -0.492 e. The Bertz CT molecular complexity index is 1580. The first-order valence-corrected chi connectivity index (χ1v) is 15.7. The third-order valence-corrected chi connectivity index (χ3v) is 8.76. The van der Waals surface area contributed by atoms with E-state index < -0.39 is 6.10 Å². The van der Waals surface area contributed by atoms with Crippen molar-refractivity contribution >= 4 is 29.1 Å². The molecule has 0 spiro atoms. The second kappa shape index (κ2) is 14.8. The Morgan fingerprint density at radius 1 is 1.22 bits per heavy atom. The summed E-state index contributed by atoms with van der Waals surface area (Å²) < 4.78 is 13.1. The van der Waals surface area contributed by atoms with E-state index in [-0.39, 0.29) is 55.8 Å². The van der Waals surface area contributed by atoms with Crippen molar-refractivity contribution in [2.45, 2.75) is 70.4 Å². The normalized spacial score (nSPS) is 17.2. The number of carbonyl (C=O) groups is 3. The number of carbonyl (C=O) groups excluding carboxylic acids is 3. The fourth-order valence-electron chi connectivity index (χ4n) is 6.17. The summed E-state index contributed by atoms with van der Waals surface area (Å²) in [6.45, 7) is 5.48. The van der Waals surface area contributed by atoms with Crippen LogP contribution >= 0.6 is 0 Å². The number of aliphatic hydroxyl groups is 1. The minimum absolute atomic E-state index is 0.0163. The van der Waals surface area contributed by atoms with Gasteiger partial charge in [0, 0.05) is 61.6 Å². The van der Waals surface area contributed by atoms with Gasteiger partial charge in [0.2, 0.25) is 11.8 Å². The van der Waals surface area contributed by atoms with Gasteiger partial charge in [-0.1, -0.05) is 5.16 Å². The number of ether oxygens (including phenoxy) is 1. The summed E-state index contributed by atoms with van der Waals surface area (Å²) in [5.74, 6) is 0.815. The zero-order valence-corrected chi connectivity index (χ0v) is 26.0. The number of likely N-dealkylation sites (tertiary alicyclic amines) is 1. The molecule has 0 aliphatic carbocycles. The van der Waals surface area contributed by atoms with Crippen LogP contribution in [0, 0.1) is 6.92 Å². The average Bonchev–Trinajstić information content (AvgIpc) is 3.46. The lowest BCUT2D eigenvalue weighted by molar-refractivity contribution is -0.135. The van der Waals surface area contributed by atoms with E-state index in [1.165, 1.54) is 11.9 Å². The first-order valence-electron chi connectivity index (χ1n) is 15.7. The second-order valence-electron chi connectivity index (χ2n) is 11.9. The fourth-order valence-corrected chi connectivity index (χ4v) is 6.17. The molecule has 1 aromatic carbocycles. The Morgan fingerprint density at radius 2 is 2.02 bits per heavy atom. The molecule has 45 heavy (non-hydrogen) atoms. The van der Waals surface area contributed by atoms with Crippen LogP contribution in [-0.2, 0) is 27.3 Å². The zero-order valence-electron chi connectivity index (χ0n) is 26.0. The maximum atomic E-state index is 13.1. The highest BCUT2D eigenvalue weighted by Gasteiger charge is 2.27. The van der Waals surface area contributed by atoms with Crippen molar-refractivity contribution in [2.75, 3.05) is 46.4 Å². The topological polar surface area (TPSA) is 160 Å². The number of nitrogens with one attached hydrogen (secondary N) is 1. The number of fused-ring (bicyclic) bond motifs is 2. The summed E-state index contributed by atoms with van der Waals surface area (Å²) in [5, 5.41) is 18.3. The number of hydrogen-bond acceptors (Lipinski definition) is 10. The molecule has 0 bridgehead atoms. The van der Waals surface area contributed by atoms with Gasteiger partial charge in [-0.25, -0.2) is 4.98 Å². The number of hydrogen-bond donors (Lipinski definition) is 2. The number of nitrogens with zero attached hydrogens (tertiary/aromatic N) is 5. The van der Waals surface area contributed by atoms with Gasteiger partial charge in [-0.2, -0.15) is 0 Å². The summed E-state index contributed by atoms with van der Waals surface area (Å²) in [6, 6.07) is 5.62. The molecule has 3 aromatic rings. The smallest absolute Gasteiger partial charge is 0.257 e. The lowest BCUT2D eigenvalue weighted by Crippen LogP contribution is -2.39. The van der Waals surface area contributed by atoms with Gasteiger partial charge in [0.1, 0.15) is 30.6 Å². The van der Waals surface area contributed by atoms with Crippen LogP contribution in [0.1, 0.15) is 73.3 Å². The van der Waals surface area contributed by atoms with E-state index in [0.717, 1.165) is 55.5 Å². The van der Waals surface area contributed by atoms with E-state index in [1.54, 1.807) is 10.6 Å². The molecule has 2 N–H and O–H groups in total. The lowest BCUT2D eigenvalue weighted by Gasteiger charge is -2.31. The lowest BCUT2D eigenvalue weighted by atomic mass is 9.91. The van der Waals surface area contributed by atoms with Gasteiger partial charge in [-0.15, -0.1) is 0 Å². The SMILES string of the molecule is Cc1nc2n(c(=O)c1CCN1CCC(c3noc4cc(OCCNC(=O)CN(C)C(=O)CCC=O)ccc34)CC1)CCCC2O. The van der Waals surface area contributed by atoms with Crippen LogP contribution in [0.4, 0.5) is 0 Å². The number of aryl methyl sites for hydroxylation is 1. The van der Waals surface area contributed by atoms with Crippen LogP contribution in [0.25, 0.3) is 11.0 Å². The van der Waals surface area contributed by atoms with E-state index in [4.69, 9.17) is 9.26 Å². The van der Waals surface area contributed by atoms with Crippen molar-refractivity contribution in [3.8, 4) is 5.75 Å². The van der Waals surface area contributed by atoms with Gasteiger partial charge in [-0.3, -0.25) is 19.0 Å². The van der Waals surface area contributed by atoms with Crippen molar-refractivity contribution in [3.63, 3.8) is 0 Å². The summed E-state index contributed by atoms with van der Waals surface area (Å²) >= 11 is 0. The number of piperidine rings is 1. The summed E-state index contributed by atoms with van der Waals surface area (Å²) in [4.78, 5) is 55.7. The zero-order chi connectivity index (χ0) is 31.9. The van der Waals surface area contributed by atoms with Gasteiger partial charge in [0.25, 0.3) is 5.56 Å². The van der Waals surface area contributed by atoms with Gasteiger partial charge in [-0.05, 0) is 64.3 Å². The molecule has 2 amide bonds. The molecule has 0 radical (unpaired) electrons. The summed E-state index contributed by atoms with van der Waals surface area (Å²) in [6.07, 6.45) is 4.18. The highest BCUT2D eigenvalue weighted by atomic mass is 16.5. The number of amides is 2. The largest absolute Gasteiger partial charge is 0.492 e. The van der Waals surface area contributed by atoms with Crippen molar-refractivity contribution in [1.82, 2.24) is 29.8 Å². The van der Waals surface area contributed by atoms with E-state index in [9.17, 15) is 24.3 Å². The van der Waals surface area contributed by atoms with Crippen LogP contribution < -0.4 is 15.6 Å². The quantitative estimate of drug-likeness (QED) is 0.213. The first kappa shape index (κ1) is 32.3. The fraction of sp³-hybridized carbons (Fsp3) is 0.562. The van der Waals surface area contributed by atoms with Crippen molar-refractivity contribution in [1.29, 1.82) is 0 Å². The van der Waals surface area contributed by atoms with Crippen LogP contribution in [0.3, 0.4) is 0 Å². The number of benzene rings is 1. The Kier molecular flexibility index (Phi) is 10.6. The first-order chi connectivity index (χ1) is 21.7. The van der Waals surface area contributed by atoms with E-state index in [0.29, 0.717) is 48.5 Å². The molecule has 13 nitrogen and oxygen atoms in total. The van der Waals surface area contributed by atoms with Gasteiger partial charge >= 0.3 is 0 Å². The van der Waals surface area contributed by atoms with Gasteiger partial charge in [0.05, 0.1) is 18.8 Å². The van der Waals surface area contributed by atoms with E-state index in [2.05, 4.69) is 20.4 Å². The van der Waals surface area contributed by atoms with Crippen molar-refractivity contribution in [3.05, 3.63) is 51.3 Å². The minimum atomic E-state index is -0.663. The molecule has 5 rings (SSSR count). The van der Waals surface area contributed by atoms with Crippen LogP contribution in [0.2, 0.25) is 0 Å². The van der Waals surface area contributed by atoms with Crippen molar-refractivity contribution < 1.29 is 28.8 Å². The van der Waals surface area contributed by atoms with Gasteiger partial charge in [0.15, 0.2) is 5.58 Å². The molecule has 2 aliphatic heterocycles.